The molecule has 1 heterocycles. The summed E-state index contributed by atoms with van der Waals surface area (Å²) >= 11 is 1.34. The summed E-state index contributed by atoms with van der Waals surface area (Å²) in [5.74, 6) is -0.733. The Hall–Kier alpha value is -3.00. The van der Waals surface area contributed by atoms with Crippen molar-refractivity contribution in [1.29, 1.82) is 0 Å². The standard InChI is InChI=1S/C25H32N4O3S/c1-4-15-29(22(31)14-13-21(30)28-25-26-18(3)16-33-25)23(20-12-8-5-9-17(20)2)24(32)27-19-10-6-7-11-19/h4-5,8-9,12,16,19,23H,1,6-7,10-11,13-15H2,2-3H3,(H,27,32)(H,26,28,30). The molecule has 1 aliphatic carbocycles. The van der Waals surface area contributed by atoms with E-state index in [1.165, 1.54) is 16.2 Å². The Morgan fingerprint density at radius 3 is 2.58 bits per heavy atom. The minimum absolute atomic E-state index is 0.00976. The van der Waals surface area contributed by atoms with Crippen molar-refractivity contribution in [3.63, 3.8) is 0 Å². The fourth-order valence-electron chi connectivity index (χ4n) is 4.14. The number of rotatable bonds is 10. The fourth-order valence-corrected chi connectivity index (χ4v) is 4.85. The van der Waals surface area contributed by atoms with E-state index in [9.17, 15) is 14.4 Å². The van der Waals surface area contributed by atoms with Crippen LogP contribution < -0.4 is 10.6 Å². The van der Waals surface area contributed by atoms with Crippen molar-refractivity contribution >= 4 is 34.2 Å². The highest BCUT2D eigenvalue weighted by Crippen LogP contribution is 2.27. The zero-order valence-electron chi connectivity index (χ0n) is 19.3. The van der Waals surface area contributed by atoms with Gasteiger partial charge in [-0.2, -0.15) is 0 Å². The van der Waals surface area contributed by atoms with Crippen molar-refractivity contribution < 1.29 is 14.4 Å². The smallest absolute Gasteiger partial charge is 0.247 e. The van der Waals surface area contributed by atoms with E-state index in [2.05, 4.69) is 22.2 Å². The number of benzene rings is 1. The SMILES string of the molecule is C=CCN(C(=O)CCC(=O)Nc1nc(C)cs1)C(C(=O)NC1CCCC1)c1ccccc1C. The summed E-state index contributed by atoms with van der Waals surface area (Å²) in [5, 5.41) is 8.24. The molecule has 3 amide bonds. The lowest BCUT2D eigenvalue weighted by Gasteiger charge is -2.32. The number of carbonyl (C=O) groups is 3. The van der Waals surface area contributed by atoms with E-state index in [-0.39, 0.29) is 43.1 Å². The number of hydrogen-bond acceptors (Lipinski definition) is 5. The highest BCUT2D eigenvalue weighted by molar-refractivity contribution is 7.13. The molecule has 0 bridgehead atoms. The summed E-state index contributed by atoms with van der Waals surface area (Å²) in [6.45, 7) is 7.79. The maximum Gasteiger partial charge on any atom is 0.247 e. The molecule has 1 fully saturated rings. The first-order valence-corrected chi connectivity index (χ1v) is 12.2. The molecule has 0 saturated heterocycles. The first-order valence-electron chi connectivity index (χ1n) is 11.4. The van der Waals surface area contributed by atoms with E-state index in [1.54, 1.807) is 6.08 Å². The third-order valence-electron chi connectivity index (χ3n) is 5.82. The highest BCUT2D eigenvalue weighted by Gasteiger charge is 2.33. The minimum atomic E-state index is -0.776. The van der Waals surface area contributed by atoms with Crippen LogP contribution in [0.4, 0.5) is 5.13 Å². The van der Waals surface area contributed by atoms with Crippen LogP contribution in [-0.2, 0) is 14.4 Å². The number of hydrogen-bond donors (Lipinski definition) is 2. The van der Waals surface area contributed by atoms with Crippen LogP contribution in [-0.4, -0.2) is 40.2 Å². The maximum atomic E-state index is 13.4. The van der Waals surface area contributed by atoms with Gasteiger partial charge in [-0.05, 0) is 37.8 Å². The molecule has 1 atom stereocenters. The van der Waals surface area contributed by atoms with Crippen molar-refractivity contribution in [2.75, 3.05) is 11.9 Å². The Bertz CT molecular complexity index is 997. The van der Waals surface area contributed by atoms with E-state index in [4.69, 9.17) is 0 Å². The summed E-state index contributed by atoms with van der Waals surface area (Å²) in [5.41, 5.74) is 2.55. The largest absolute Gasteiger partial charge is 0.351 e. The summed E-state index contributed by atoms with van der Waals surface area (Å²) in [4.78, 5) is 44.8. The van der Waals surface area contributed by atoms with Gasteiger partial charge in [0.1, 0.15) is 6.04 Å². The van der Waals surface area contributed by atoms with Crippen molar-refractivity contribution in [2.24, 2.45) is 0 Å². The van der Waals surface area contributed by atoms with Gasteiger partial charge in [0.25, 0.3) is 0 Å². The van der Waals surface area contributed by atoms with Crippen LogP contribution >= 0.6 is 11.3 Å². The monoisotopic (exact) mass is 468 g/mol. The summed E-state index contributed by atoms with van der Waals surface area (Å²) in [6, 6.07) is 6.97. The maximum absolute atomic E-state index is 13.4. The van der Waals surface area contributed by atoms with Gasteiger partial charge in [-0.25, -0.2) is 4.98 Å². The number of amides is 3. The van der Waals surface area contributed by atoms with E-state index in [1.807, 2.05) is 43.5 Å². The Balaban J connectivity index is 1.76. The molecule has 8 heteroatoms. The lowest BCUT2D eigenvalue weighted by Crippen LogP contribution is -2.46. The normalized spacial score (nSPS) is 14.5. The van der Waals surface area contributed by atoms with Gasteiger partial charge < -0.3 is 15.5 Å². The molecule has 1 aliphatic rings. The zero-order chi connectivity index (χ0) is 23.8. The van der Waals surface area contributed by atoms with E-state index < -0.39 is 6.04 Å². The number of thiazole rings is 1. The topological polar surface area (TPSA) is 91.4 Å². The van der Waals surface area contributed by atoms with Crippen LogP contribution in [0, 0.1) is 13.8 Å². The van der Waals surface area contributed by atoms with Gasteiger partial charge in [-0.15, -0.1) is 17.9 Å². The molecule has 0 aliphatic heterocycles. The van der Waals surface area contributed by atoms with Crippen LogP contribution in [0.25, 0.3) is 0 Å². The third kappa shape index (κ3) is 6.74. The van der Waals surface area contributed by atoms with Crippen molar-refractivity contribution in [3.05, 3.63) is 59.1 Å². The molecular weight excluding hydrogens is 436 g/mol. The molecule has 2 aromatic rings. The Kier molecular flexibility index (Phi) is 8.77. The lowest BCUT2D eigenvalue weighted by atomic mass is 9.98. The predicted molar refractivity (Wildman–Crippen MR) is 131 cm³/mol. The Morgan fingerprint density at radius 1 is 1.21 bits per heavy atom. The molecule has 1 aromatic heterocycles. The number of anilines is 1. The molecule has 1 unspecified atom stereocenters. The number of aryl methyl sites for hydroxylation is 2. The van der Waals surface area contributed by atoms with Gasteiger partial charge in [-0.1, -0.05) is 43.2 Å². The van der Waals surface area contributed by atoms with Gasteiger partial charge in [-0.3, -0.25) is 14.4 Å². The quantitative estimate of drug-likeness (QED) is 0.509. The Morgan fingerprint density at radius 2 is 1.94 bits per heavy atom. The predicted octanol–water partition coefficient (Wildman–Crippen LogP) is 4.29. The summed E-state index contributed by atoms with van der Waals surface area (Å²) in [6.07, 6.45) is 5.73. The molecule has 2 N–H and O–H groups in total. The average Bonchev–Trinajstić information content (AvgIpc) is 3.44. The van der Waals surface area contributed by atoms with Gasteiger partial charge in [0.05, 0.1) is 5.69 Å². The van der Waals surface area contributed by atoms with Crippen molar-refractivity contribution in [2.45, 2.75) is 64.5 Å². The van der Waals surface area contributed by atoms with E-state index >= 15 is 0 Å². The van der Waals surface area contributed by atoms with Crippen molar-refractivity contribution in [3.8, 4) is 0 Å². The molecule has 176 valence electrons. The van der Waals surface area contributed by atoms with Gasteiger partial charge >= 0.3 is 0 Å². The minimum Gasteiger partial charge on any atom is -0.351 e. The van der Waals surface area contributed by atoms with Crippen LogP contribution in [0.3, 0.4) is 0 Å². The van der Waals surface area contributed by atoms with Gasteiger partial charge in [0.2, 0.25) is 17.7 Å². The second kappa shape index (κ2) is 11.7. The first kappa shape index (κ1) is 24.6. The van der Waals surface area contributed by atoms with Crippen LogP contribution in [0.2, 0.25) is 0 Å². The van der Waals surface area contributed by atoms with Crippen LogP contribution in [0.5, 0.6) is 0 Å². The van der Waals surface area contributed by atoms with Crippen LogP contribution in [0.1, 0.15) is 61.4 Å². The molecule has 0 radical (unpaired) electrons. The van der Waals surface area contributed by atoms with E-state index in [0.717, 1.165) is 42.5 Å². The fraction of sp³-hybridized carbons (Fsp3) is 0.440. The number of aromatic nitrogens is 1. The van der Waals surface area contributed by atoms with Gasteiger partial charge in [0, 0.05) is 30.8 Å². The second-order valence-corrected chi connectivity index (χ2v) is 9.28. The second-order valence-electron chi connectivity index (χ2n) is 8.43. The summed E-state index contributed by atoms with van der Waals surface area (Å²) in [7, 11) is 0. The Labute approximate surface area is 199 Å². The lowest BCUT2D eigenvalue weighted by molar-refractivity contribution is -0.141. The van der Waals surface area contributed by atoms with Gasteiger partial charge in [0.15, 0.2) is 5.13 Å². The number of nitrogens with one attached hydrogen (secondary N) is 2. The van der Waals surface area contributed by atoms with E-state index in [0.29, 0.717) is 5.13 Å². The first-order chi connectivity index (χ1) is 15.9. The number of nitrogens with zero attached hydrogens (tertiary/aromatic N) is 2. The number of carbonyl (C=O) groups excluding carboxylic acids is 3. The third-order valence-corrected chi connectivity index (χ3v) is 6.70. The molecule has 7 nitrogen and oxygen atoms in total. The zero-order valence-corrected chi connectivity index (χ0v) is 20.1. The summed E-state index contributed by atoms with van der Waals surface area (Å²) < 4.78 is 0. The average molecular weight is 469 g/mol. The molecule has 33 heavy (non-hydrogen) atoms. The highest BCUT2D eigenvalue weighted by atomic mass is 32.1. The van der Waals surface area contributed by atoms with Crippen molar-refractivity contribution in [1.82, 2.24) is 15.2 Å². The molecule has 1 aromatic carbocycles. The molecule has 1 saturated carbocycles. The molecular formula is C25H32N4O3S. The molecule has 3 rings (SSSR count). The molecule has 0 spiro atoms. The van der Waals surface area contributed by atoms with Crippen LogP contribution in [0.15, 0.2) is 42.3 Å².